The van der Waals surface area contributed by atoms with E-state index in [0.717, 1.165) is 29.5 Å². The van der Waals surface area contributed by atoms with Crippen LogP contribution in [0.25, 0.3) is 0 Å². The number of rotatable bonds is 9. The van der Waals surface area contributed by atoms with Crippen molar-refractivity contribution in [3.8, 4) is 5.75 Å². The number of anilines is 1. The Morgan fingerprint density at radius 1 is 0.951 bits per heavy atom. The number of ether oxygens (including phenoxy) is 1. The predicted octanol–water partition coefficient (Wildman–Crippen LogP) is 5.82. The van der Waals surface area contributed by atoms with Gasteiger partial charge in [-0.3, -0.25) is 9.59 Å². The molecule has 0 spiro atoms. The summed E-state index contributed by atoms with van der Waals surface area (Å²) >= 11 is 0. The Bertz CT molecular complexity index is 1380. The monoisotopic (exact) mass is 557 g/mol. The highest BCUT2D eigenvalue weighted by Crippen LogP contribution is 2.36. The van der Waals surface area contributed by atoms with Crippen molar-refractivity contribution < 1.29 is 24.2 Å². The van der Waals surface area contributed by atoms with Crippen molar-refractivity contribution in [2.45, 2.75) is 77.6 Å². The molecule has 4 rings (SSSR count). The van der Waals surface area contributed by atoms with Crippen molar-refractivity contribution in [1.82, 2.24) is 10.2 Å². The van der Waals surface area contributed by atoms with Crippen LogP contribution in [0.1, 0.15) is 61.9 Å². The normalized spacial score (nSPS) is 14.5. The van der Waals surface area contributed by atoms with E-state index in [2.05, 4.69) is 10.6 Å². The summed E-state index contributed by atoms with van der Waals surface area (Å²) in [7, 11) is 0. The lowest BCUT2D eigenvalue weighted by Crippen LogP contribution is -2.54. The Labute approximate surface area is 241 Å². The molecule has 3 aromatic rings. The molecule has 1 saturated carbocycles. The number of benzene rings is 3. The second-order valence-corrected chi connectivity index (χ2v) is 11.7. The molecular weight excluding hydrogens is 518 g/mol. The highest BCUT2D eigenvalue weighted by molar-refractivity contribution is 5.99. The molecule has 41 heavy (non-hydrogen) atoms. The van der Waals surface area contributed by atoms with Gasteiger partial charge in [0.2, 0.25) is 5.91 Å². The molecule has 3 aromatic carbocycles. The molecule has 3 N–H and O–H groups in total. The van der Waals surface area contributed by atoms with Crippen LogP contribution in [-0.2, 0) is 20.7 Å². The van der Waals surface area contributed by atoms with Crippen LogP contribution in [0.15, 0.2) is 72.8 Å². The van der Waals surface area contributed by atoms with Gasteiger partial charge in [0.1, 0.15) is 23.4 Å². The zero-order chi connectivity index (χ0) is 29.7. The molecule has 1 aliphatic rings. The molecule has 2 unspecified atom stereocenters. The van der Waals surface area contributed by atoms with Crippen molar-refractivity contribution in [3.63, 3.8) is 0 Å². The van der Waals surface area contributed by atoms with Crippen molar-refractivity contribution >= 4 is 23.6 Å². The highest BCUT2D eigenvalue weighted by Gasteiger charge is 2.44. The second kappa shape index (κ2) is 12.5. The van der Waals surface area contributed by atoms with E-state index in [1.54, 1.807) is 37.8 Å². The van der Waals surface area contributed by atoms with Crippen LogP contribution < -0.4 is 10.6 Å². The lowest BCUT2D eigenvalue weighted by Gasteiger charge is -2.35. The highest BCUT2D eigenvalue weighted by atomic mass is 16.6. The lowest BCUT2D eigenvalue weighted by atomic mass is 9.99. The van der Waals surface area contributed by atoms with Gasteiger partial charge in [-0.1, -0.05) is 60.2 Å². The Morgan fingerprint density at radius 2 is 1.59 bits per heavy atom. The molecule has 8 nitrogen and oxygen atoms in total. The predicted molar refractivity (Wildman–Crippen MR) is 159 cm³/mol. The fourth-order valence-corrected chi connectivity index (χ4v) is 4.67. The first kappa shape index (κ1) is 29.6. The number of aryl methyl sites for hydroxylation is 2. The minimum atomic E-state index is -1.01. The second-order valence-electron chi connectivity index (χ2n) is 11.7. The zero-order valence-electron chi connectivity index (χ0n) is 24.3. The first-order valence-electron chi connectivity index (χ1n) is 13.9. The topological polar surface area (TPSA) is 108 Å². The number of aromatic hydroxyl groups is 1. The van der Waals surface area contributed by atoms with Gasteiger partial charge in [-0.05, 0) is 82.3 Å². The maximum absolute atomic E-state index is 14.4. The number of nitrogens with zero attached hydrogens (tertiary/aromatic N) is 1. The number of hydrogen-bond donors (Lipinski definition) is 3. The maximum atomic E-state index is 14.4. The van der Waals surface area contributed by atoms with Gasteiger partial charge in [-0.15, -0.1) is 0 Å². The van der Waals surface area contributed by atoms with Crippen LogP contribution in [0.2, 0.25) is 0 Å². The minimum absolute atomic E-state index is 0.101. The average molecular weight is 558 g/mol. The van der Waals surface area contributed by atoms with E-state index in [-0.39, 0.29) is 30.0 Å². The van der Waals surface area contributed by atoms with E-state index in [9.17, 15) is 19.5 Å². The Morgan fingerprint density at radius 3 is 2.17 bits per heavy atom. The van der Waals surface area contributed by atoms with Crippen LogP contribution in [-0.4, -0.2) is 45.6 Å². The first-order valence-corrected chi connectivity index (χ1v) is 13.9. The van der Waals surface area contributed by atoms with E-state index in [4.69, 9.17) is 4.74 Å². The third-order valence-corrected chi connectivity index (χ3v) is 6.88. The first-order chi connectivity index (χ1) is 19.4. The third kappa shape index (κ3) is 8.10. The van der Waals surface area contributed by atoms with E-state index < -0.39 is 23.8 Å². The van der Waals surface area contributed by atoms with Gasteiger partial charge in [0.15, 0.2) is 0 Å². The summed E-state index contributed by atoms with van der Waals surface area (Å²) in [6.07, 6.45) is 0.942. The van der Waals surface area contributed by atoms with Gasteiger partial charge in [0.05, 0.1) is 0 Å². The van der Waals surface area contributed by atoms with Crippen LogP contribution >= 0.6 is 0 Å². The molecule has 8 heteroatoms. The fourth-order valence-electron chi connectivity index (χ4n) is 4.67. The number of para-hydroxylation sites is 1. The Kier molecular flexibility index (Phi) is 9.01. The molecule has 0 bridgehead atoms. The summed E-state index contributed by atoms with van der Waals surface area (Å²) in [6, 6.07) is 19.5. The van der Waals surface area contributed by atoms with Gasteiger partial charge < -0.3 is 25.4 Å². The number of phenolic OH excluding ortho intramolecular Hbond substituents is 1. The molecule has 0 saturated heterocycles. The molecule has 0 radical (unpaired) electrons. The van der Waals surface area contributed by atoms with Crippen LogP contribution in [0.3, 0.4) is 0 Å². The van der Waals surface area contributed by atoms with Crippen molar-refractivity contribution in [1.29, 1.82) is 0 Å². The number of carbonyl (C=O) groups is 3. The third-order valence-electron chi connectivity index (χ3n) is 6.88. The van der Waals surface area contributed by atoms with Gasteiger partial charge in [0.25, 0.3) is 5.91 Å². The van der Waals surface area contributed by atoms with Crippen molar-refractivity contribution in [2.24, 2.45) is 0 Å². The Hall–Kier alpha value is -4.33. The van der Waals surface area contributed by atoms with E-state index in [1.165, 1.54) is 12.1 Å². The minimum Gasteiger partial charge on any atom is -0.508 e. The van der Waals surface area contributed by atoms with Crippen molar-refractivity contribution in [3.05, 3.63) is 95.1 Å². The smallest absolute Gasteiger partial charge is 0.408 e. The number of amides is 3. The van der Waals surface area contributed by atoms with E-state index in [0.29, 0.717) is 11.3 Å². The molecule has 2 atom stereocenters. The molecular formula is C33H39N3O5. The van der Waals surface area contributed by atoms with Crippen LogP contribution in [0.5, 0.6) is 5.75 Å². The van der Waals surface area contributed by atoms with Gasteiger partial charge >= 0.3 is 6.09 Å². The fraction of sp³-hybridized carbons (Fsp3) is 0.364. The Balaban J connectivity index is 1.72. The number of hydrogen-bond acceptors (Lipinski definition) is 5. The SMILES string of the molecule is Cc1ccc(C(C(=O)Nc2ccccc2C)N(C(=O)C(Cc2ccc(O)cc2)NC(=O)OC(C)(C)C)C2CC2)cc1. The quantitative estimate of drug-likeness (QED) is 0.308. The summed E-state index contributed by atoms with van der Waals surface area (Å²) in [5.74, 6) is -0.607. The summed E-state index contributed by atoms with van der Waals surface area (Å²) < 4.78 is 5.49. The zero-order valence-corrected chi connectivity index (χ0v) is 24.3. The van der Waals surface area contributed by atoms with E-state index >= 15 is 0 Å². The molecule has 216 valence electrons. The van der Waals surface area contributed by atoms with Gasteiger partial charge in [-0.2, -0.15) is 0 Å². The maximum Gasteiger partial charge on any atom is 0.408 e. The molecule has 1 fully saturated rings. The van der Waals surface area contributed by atoms with Crippen LogP contribution in [0.4, 0.5) is 10.5 Å². The summed E-state index contributed by atoms with van der Waals surface area (Å²) in [5, 5.41) is 15.6. The molecule has 0 heterocycles. The largest absolute Gasteiger partial charge is 0.508 e. The number of carbonyl (C=O) groups excluding carboxylic acids is 3. The summed E-state index contributed by atoms with van der Waals surface area (Å²) in [5.41, 5.74) is 3.28. The molecule has 0 aliphatic heterocycles. The summed E-state index contributed by atoms with van der Waals surface area (Å²) in [4.78, 5) is 43.0. The standard InChI is InChI=1S/C33H39N3O5/c1-21-10-14-24(15-11-21)29(30(38)34-27-9-7-6-8-22(27)2)36(25-16-17-25)31(39)28(35-32(40)41-33(3,4)5)20-23-12-18-26(37)19-13-23/h6-15,18-19,25,28-29,37H,16-17,20H2,1-5H3,(H,34,38)(H,35,40). The van der Waals surface area contributed by atoms with E-state index in [1.807, 2.05) is 62.4 Å². The number of alkyl carbamates (subject to hydrolysis) is 1. The molecule has 0 aromatic heterocycles. The van der Waals surface area contributed by atoms with Crippen LogP contribution in [0, 0.1) is 13.8 Å². The number of nitrogens with one attached hydrogen (secondary N) is 2. The van der Waals surface area contributed by atoms with Gasteiger partial charge in [0, 0.05) is 18.2 Å². The van der Waals surface area contributed by atoms with Crippen molar-refractivity contribution in [2.75, 3.05) is 5.32 Å². The lowest BCUT2D eigenvalue weighted by molar-refractivity contribution is -0.141. The van der Waals surface area contributed by atoms with Gasteiger partial charge in [-0.25, -0.2) is 4.79 Å². The average Bonchev–Trinajstić information content (AvgIpc) is 3.74. The summed E-state index contributed by atoms with van der Waals surface area (Å²) in [6.45, 7) is 9.14. The molecule has 3 amide bonds. The molecule has 1 aliphatic carbocycles. The number of phenols is 1.